The van der Waals surface area contributed by atoms with Gasteiger partial charge in [0.15, 0.2) is 11.5 Å². The van der Waals surface area contributed by atoms with Crippen LogP contribution in [0.3, 0.4) is 0 Å². The van der Waals surface area contributed by atoms with E-state index in [0.717, 1.165) is 24.3 Å². The van der Waals surface area contributed by atoms with E-state index in [4.69, 9.17) is 9.47 Å². The molecule has 1 fully saturated rings. The summed E-state index contributed by atoms with van der Waals surface area (Å²) >= 11 is 0. The summed E-state index contributed by atoms with van der Waals surface area (Å²) in [5, 5.41) is 9.57. The van der Waals surface area contributed by atoms with E-state index in [0.29, 0.717) is 19.1 Å². The van der Waals surface area contributed by atoms with Crippen LogP contribution in [-0.2, 0) is 5.41 Å². The van der Waals surface area contributed by atoms with Gasteiger partial charge in [-0.2, -0.15) is 0 Å². The van der Waals surface area contributed by atoms with E-state index in [2.05, 4.69) is 13.0 Å². The molecule has 0 radical (unpaired) electrons. The van der Waals surface area contributed by atoms with Crippen LogP contribution in [-0.4, -0.2) is 24.9 Å². The highest BCUT2D eigenvalue weighted by molar-refractivity contribution is 5.47. The number of benzene rings is 1. The number of hydrogen-bond acceptors (Lipinski definition) is 3. The lowest BCUT2D eigenvalue weighted by atomic mass is 9.94. The lowest BCUT2D eigenvalue weighted by molar-refractivity contribution is 0.246. The highest BCUT2D eigenvalue weighted by Gasteiger charge is 2.52. The number of hydrogen-bond donors (Lipinski definition) is 1. The van der Waals surface area contributed by atoms with Gasteiger partial charge in [-0.3, -0.25) is 0 Å². The minimum atomic E-state index is -0.0370. The lowest BCUT2D eigenvalue weighted by Crippen LogP contribution is -2.14. The van der Waals surface area contributed by atoms with Crippen molar-refractivity contribution in [2.45, 2.75) is 25.2 Å². The molecule has 1 heterocycles. The number of rotatable bonds is 2. The maximum atomic E-state index is 9.57. The second-order valence-corrected chi connectivity index (χ2v) is 5.13. The van der Waals surface area contributed by atoms with Crippen LogP contribution in [0.1, 0.15) is 25.3 Å². The average molecular weight is 234 g/mol. The fourth-order valence-electron chi connectivity index (χ4n) is 2.67. The summed E-state index contributed by atoms with van der Waals surface area (Å²) in [6.07, 6.45) is 1.98. The minimum Gasteiger partial charge on any atom is -0.490 e. The second kappa shape index (κ2) is 3.91. The molecule has 2 unspecified atom stereocenters. The molecule has 1 aromatic carbocycles. The van der Waals surface area contributed by atoms with Crippen molar-refractivity contribution in [3.8, 4) is 11.5 Å². The predicted molar refractivity (Wildman–Crippen MR) is 64.6 cm³/mol. The molecule has 3 rings (SSSR count). The minimum absolute atomic E-state index is 0.0370. The molecular formula is C14H18O3. The van der Waals surface area contributed by atoms with Gasteiger partial charge < -0.3 is 14.6 Å². The molecule has 1 N–H and O–H groups in total. The zero-order chi connectivity index (χ0) is 11.9. The molecule has 0 saturated heterocycles. The van der Waals surface area contributed by atoms with Gasteiger partial charge in [-0.1, -0.05) is 13.0 Å². The molecule has 2 aliphatic rings. The molecule has 2 atom stereocenters. The molecule has 92 valence electrons. The summed E-state index contributed by atoms with van der Waals surface area (Å²) in [5.41, 5.74) is 1.14. The normalized spacial score (nSPS) is 30.8. The van der Waals surface area contributed by atoms with Gasteiger partial charge in [0, 0.05) is 11.8 Å². The molecule has 17 heavy (non-hydrogen) atoms. The third-order valence-electron chi connectivity index (χ3n) is 4.06. The Labute approximate surface area is 101 Å². The van der Waals surface area contributed by atoms with Crippen molar-refractivity contribution in [3.05, 3.63) is 23.8 Å². The van der Waals surface area contributed by atoms with Crippen molar-refractivity contribution in [2.24, 2.45) is 5.92 Å². The molecule has 0 spiro atoms. The Morgan fingerprint density at radius 2 is 2.00 bits per heavy atom. The fourth-order valence-corrected chi connectivity index (χ4v) is 2.67. The summed E-state index contributed by atoms with van der Waals surface area (Å²) in [5.74, 6) is 2.21. The van der Waals surface area contributed by atoms with Crippen LogP contribution >= 0.6 is 0 Å². The van der Waals surface area contributed by atoms with E-state index in [1.807, 2.05) is 12.1 Å². The standard InChI is InChI=1S/C14H18O3/c1-10-8-14(10,9-15)11-3-4-12-13(7-11)17-6-2-5-16-12/h3-4,7,10,15H,2,5-6,8-9H2,1H3. The summed E-state index contributed by atoms with van der Waals surface area (Å²) in [4.78, 5) is 0. The van der Waals surface area contributed by atoms with E-state index >= 15 is 0 Å². The Morgan fingerprint density at radius 3 is 2.65 bits per heavy atom. The number of ether oxygens (including phenoxy) is 2. The van der Waals surface area contributed by atoms with Crippen molar-refractivity contribution in [1.82, 2.24) is 0 Å². The largest absolute Gasteiger partial charge is 0.490 e. The first-order valence-corrected chi connectivity index (χ1v) is 6.27. The third-order valence-corrected chi connectivity index (χ3v) is 4.06. The van der Waals surface area contributed by atoms with E-state index in [1.54, 1.807) is 0 Å². The maximum absolute atomic E-state index is 9.57. The molecule has 1 aliphatic heterocycles. The molecular weight excluding hydrogens is 216 g/mol. The first-order chi connectivity index (χ1) is 8.26. The number of aliphatic hydroxyl groups excluding tert-OH is 1. The SMILES string of the molecule is CC1CC1(CO)c1ccc2c(c1)OCCCO2. The van der Waals surface area contributed by atoms with Crippen LogP contribution < -0.4 is 9.47 Å². The Balaban J connectivity index is 1.95. The quantitative estimate of drug-likeness (QED) is 0.851. The lowest BCUT2D eigenvalue weighted by Gasteiger charge is -2.16. The smallest absolute Gasteiger partial charge is 0.161 e. The van der Waals surface area contributed by atoms with E-state index in [-0.39, 0.29) is 12.0 Å². The van der Waals surface area contributed by atoms with Crippen LogP contribution in [0.2, 0.25) is 0 Å². The van der Waals surface area contributed by atoms with Gasteiger partial charge in [0.2, 0.25) is 0 Å². The monoisotopic (exact) mass is 234 g/mol. The zero-order valence-corrected chi connectivity index (χ0v) is 10.1. The third kappa shape index (κ3) is 1.69. The molecule has 1 aromatic rings. The molecule has 0 bridgehead atoms. The Hall–Kier alpha value is -1.22. The Morgan fingerprint density at radius 1 is 1.29 bits per heavy atom. The van der Waals surface area contributed by atoms with Crippen molar-refractivity contribution in [2.75, 3.05) is 19.8 Å². The summed E-state index contributed by atoms with van der Waals surface area (Å²) < 4.78 is 11.3. The van der Waals surface area contributed by atoms with Gasteiger partial charge in [0.05, 0.1) is 19.8 Å². The van der Waals surface area contributed by atoms with Crippen molar-refractivity contribution in [3.63, 3.8) is 0 Å². The van der Waals surface area contributed by atoms with Crippen LogP contribution in [0.25, 0.3) is 0 Å². The van der Waals surface area contributed by atoms with Gasteiger partial charge in [-0.25, -0.2) is 0 Å². The Kier molecular flexibility index (Phi) is 2.51. The van der Waals surface area contributed by atoms with Gasteiger partial charge >= 0.3 is 0 Å². The van der Waals surface area contributed by atoms with E-state index in [1.165, 1.54) is 5.56 Å². The van der Waals surface area contributed by atoms with Crippen LogP contribution in [0, 0.1) is 5.92 Å². The molecule has 0 aromatic heterocycles. The van der Waals surface area contributed by atoms with Crippen molar-refractivity contribution < 1.29 is 14.6 Å². The van der Waals surface area contributed by atoms with Crippen LogP contribution in [0.4, 0.5) is 0 Å². The van der Waals surface area contributed by atoms with Gasteiger partial charge in [-0.05, 0) is 30.0 Å². The summed E-state index contributed by atoms with van der Waals surface area (Å²) in [6, 6.07) is 6.08. The topological polar surface area (TPSA) is 38.7 Å². The molecule has 3 nitrogen and oxygen atoms in total. The molecule has 1 aliphatic carbocycles. The zero-order valence-electron chi connectivity index (χ0n) is 10.1. The number of aliphatic hydroxyl groups is 1. The van der Waals surface area contributed by atoms with Crippen molar-refractivity contribution >= 4 is 0 Å². The fraction of sp³-hybridized carbons (Fsp3) is 0.571. The number of fused-ring (bicyclic) bond motifs is 1. The molecule has 0 amide bonds. The molecule has 1 saturated carbocycles. The van der Waals surface area contributed by atoms with Gasteiger partial charge in [0.25, 0.3) is 0 Å². The summed E-state index contributed by atoms with van der Waals surface area (Å²) in [7, 11) is 0. The van der Waals surface area contributed by atoms with Crippen LogP contribution in [0.15, 0.2) is 18.2 Å². The first kappa shape index (κ1) is 10.9. The Bertz CT molecular complexity index is 425. The van der Waals surface area contributed by atoms with Gasteiger partial charge in [-0.15, -0.1) is 0 Å². The highest BCUT2D eigenvalue weighted by atomic mass is 16.5. The summed E-state index contributed by atoms with van der Waals surface area (Å²) in [6.45, 7) is 3.82. The average Bonchev–Trinajstić information content (AvgIpc) is 3.06. The first-order valence-electron chi connectivity index (χ1n) is 6.27. The molecule has 3 heteroatoms. The van der Waals surface area contributed by atoms with Crippen molar-refractivity contribution in [1.29, 1.82) is 0 Å². The van der Waals surface area contributed by atoms with E-state index < -0.39 is 0 Å². The van der Waals surface area contributed by atoms with Crippen LogP contribution in [0.5, 0.6) is 11.5 Å². The second-order valence-electron chi connectivity index (χ2n) is 5.13. The predicted octanol–water partition coefficient (Wildman–Crippen LogP) is 2.12. The highest BCUT2D eigenvalue weighted by Crippen LogP contribution is 2.54. The maximum Gasteiger partial charge on any atom is 0.161 e. The van der Waals surface area contributed by atoms with Gasteiger partial charge in [0.1, 0.15) is 0 Å². The van der Waals surface area contributed by atoms with E-state index in [9.17, 15) is 5.11 Å².